The molecule has 140 valence electrons. The fourth-order valence-electron chi connectivity index (χ4n) is 2.81. The lowest BCUT2D eigenvalue weighted by Crippen LogP contribution is -2.41. The summed E-state index contributed by atoms with van der Waals surface area (Å²) in [6.07, 6.45) is 1.84. The molecule has 0 saturated carbocycles. The number of nitrogens with zero attached hydrogens (tertiary/aromatic N) is 1. The summed E-state index contributed by atoms with van der Waals surface area (Å²) in [4.78, 5) is 12.6. The van der Waals surface area contributed by atoms with Gasteiger partial charge in [0.2, 0.25) is 15.9 Å². The smallest absolute Gasteiger partial charge is 0.241 e. The van der Waals surface area contributed by atoms with Crippen molar-refractivity contribution in [3.63, 3.8) is 0 Å². The highest BCUT2D eigenvalue weighted by atomic mass is 32.2. The van der Waals surface area contributed by atoms with Crippen LogP contribution in [-0.4, -0.2) is 27.1 Å². The fraction of sp³-hybridized carbons (Fsp3) is 0.350. The highest BCUT2D eigenvalue weighted by Crippen LogP contribution is 2.22. The second-order valence-electron chi connectivity index (χ2n) is 6.50. The molecule has 2 aromatic carbocycles. The largest absolute Gasteiger partial charge is 0.348 e. The number of carbonyl (C=O) groups excluding carboxylic acids is 1. The van der Waals surface area contributed by atoms with Gasteiger partial charge in [-0.05, 0) is 37.5 Å². The second kappa shape index (κ2) is 8.36. The van der Waals surface area contributed by atoms with Gasteiger partial charge in [0.15, 0.2) is 0 Å². The van der Waals surface area contributed by atoms with Crippen molar-refractivity contribution in [2.24, 2.45) is 0 Å². The van der Waals surface area contributed by atoms with Crippen molar-refractivity contribution in [3.8, 4) is 0 Å². The van der Waals surface area contributed by atoms with E-state index in [0.29, 0.717) is 5.69 Å². The summed E-state index contributed by atoms with van der Waals surface area (Å²) in [6, 6.07) is 15.0. The number of anilines is 1. The van der Waals surface area contributed by atoms with E-state index in [-0.39, 0.29) is 18.5 Å². The Kier molecular flexibility index (Phi) is 6.42. The van der Waals surface area contributed by atoms with Crippen LogP contribution >= 0.6 is 0 Å². The predicted molar refractivity (Wildman–Crippen MR) is 106 cm³/mol. The summed E-state index contributed by atoms with van der Waals surface area (Å²) in [5.74, 6) is -0.328. The molecule has 0 aliphatic heterocycles. The van der Waals surface area contributed by atoms with E-state index in [2.05, 4.69) is 5.32 Å². The number of benzene rings is 2. The van der Waals surface area contributed by atoms with E-state index in [1.165, 1.54) is 0 Å². The maximum Gasteiger partial charge on any atom is 0.241 e. The molecule has 1 atom stereocenters. The Morgan fingerprint density at radius 1 is 1.08 bits per heavy atom. The van der Waals surface area contributed by atoms with Gasteiger partial charge in [0.25, 0.3) is 0 Å². The molecule has 1 unspecified atom stereocenters. The number of nitrogens with one attached hydrogen (secondary N) is 1. The molecule has 0 saturated heterocycles. The van der Waals surface area contributed by atoms with Gasteiger partial charge in [-0.3, -0.25) is 9.10 Å². The summed E-state index contributed by atoms with van der Waals surface area (Å²) in [5, 5.41) is 2.95. The molecule has 0 aliphatic rings. The Morgan fingerprint density at radius 2 is 1.69 bits per heavy atom. The second-order valence-corrected chi connectivity index (χ2v) is 8.40. The van der Waals surface area contributed by atoms with Gasteiger partial charge in [-0.15, -0.1) is 0 Å². The number of sulfonamides is 1. The number of rotatable bonds is 7. The molecule has 0 fully saturated rings. The minimum absolute atomic E-state index is 0.151. The quantitative estimate of drug-likeness (QED) is 0.808. The first-order valence-electron chi connectivity index (χ1n) is 8.61. The SMILES string of the molecule is CCC(NC(=O)CN(c1ccccc1C)S(C)(=O)=O)c1ccc(C)cc1. The number of carbonyl (C=O) groups is 1. The van der Waals surface area contributed by atoms with Gasteiger partial charge in [-0.25, -0.2) is 8.42 Å². The molecule has 6 heteroatoms. The molecule has 0 aromatic heterocycles. The maximum absolute atomic E-state index is 12.6. The Labute approximate surface area is 156 Å². The van der Waals surface area contributed by atoms with E-state index in [0.717, 1.165) is 33.7 Å². The first-order chi connectivity index (χ1) is 12.2. The molecule has 0 radical (unpaired) electrons. The van der Waals surface area contributed by atoms with Crippen molar-refractivity contribution < 1.29 is 13.2 Å². The third-order valence-corrected chi connectivity index (χ3v) is 5.42. The van der Waals surface area contributed by atoms with Crippen LogP contribution in [0.15, 0.2) is 48.5 Å². The first-order valence-corrected chi connectivity index (χ1v) is 10.5. The van der Waals surface area contributed by atoms with E-state index >= 15 is 0 Å². The van der Waals surface area contributed by atoms with E-state index in [4.69, 9.17) is 0 Å². The van der Waals surface area contributed by atoms with Gasteiger partial charge in [0.05, 0.1) is 18.0 Å². The monoisotopic (exact) mass is 374 g/mol. The summed E-state index contributed by atoms with van der Waals surface area (Å²) in [7, 11) is -3.58. The standard InChI is InChI=1S/C20H26N2O3S/c1-5-18(17-12-10-15(2)11-13-17)21-20(23)14-22(26(4,24)25)19-9-7-6-8-16(19)3/h6-13,18H,5,14H2,1-4H3,(H,21,23). The van der Waals surface area contributed by atoms with Gasteiger partial charge in [0.1, 0.15) is 6.54 Å². The van der Waals surface area contributed by atoms with Gasteiger partial charge in [-0.2, -0.15) is 0 Å². The minimum Gasteiger partial charge on any atom is -0.348 e. The Morgan fingerprint density at radius 3 is 2.23 bits per heavy atom. The Balaban J connectivity index is 2.19. The number of hydrogen-bond acceptors (Lipinski definition) is 3. The normalized spacial score (nSPS) is 12.5. The molecule has 26 heavy (non-hydrogen) atoms. The van der Waals surface area contributed by atoms with E-state index in [9.17, 15) is 13.2 Å². The van der Waals surface area contributed by atoms with Crippen LogP contribution < -0.4 is 9.62 Å². The van der Waals surface area contributed by atoms with Crippen LogP contribution in [0.2, 0.25) is 0 Å². The van der Waals surface area contributed by atoms with E-state index in [1.54, 1.807) is 12.1 Å². The summed E-state index contributed by atoms with van der Waals surface area (Å²) >= 11 is 0. The Hall–Kier alpha value is -2.34. The van der Waals surface area contributed by atoms with Crippen LogP contribution in [0.25, 0.3) is 0 Å². The van der Waals surface area contributed by atoms with Crippen molar-refractivity contribution in [3.05, 3.63) is 65.2 Å². The van der Waals surface area contributed by atoms with Crippen molar-refractivity contribution in [1.82, 2.24) is 5.32 Å². The first kappa shape index (κ1) is 20.0. The number of aryl methyl sites for hydroxylation is 2. The van der Waals surface area contributed by atoms with Crippen molar-refractivity contribution in [2.45, 2.75) is 33.2 Å². The molecule has 0 bridgehead atoms. The number of amides is 1. The van der Waals surface area contributed by atoms with Gasteiger partial charge >= 0.3 is 0 Å². The number of para-hydroxylation sites is 1. The van der Waals surface area contributed by atoms with Crippen molar-refractivity contribution in [1.29, 1.82) is 0 Å². The molecule has 2 rings (SSSR count). The molecule has 1 N–H and O–H groups in total. The maximum atomic E-state index is 12.6. The average molecular weight is 375 g/mol. The molecular weight excluding hydrogens is 348 g/mol. The zero-order valence-corrected chi connectivity index (χ0v) is 16.5. The van der Waals surface area contributed by atoms with E-state index in [1.807, 2.05) is 57.2 Å². The summed E-state index contributed by atoms with van der Waals surface area (Å²) < 4.78 is 25.6. The molecular formula is C20H26N2O3S. The molecule has 0 heterocycles. The van der Waals surface area contributed by atoms with Crippen LogP contribution in [0, 0.1) is 13.8 Å². The van der Waals surface area contributed by atoms with Crippen LogP contribution in [0.5, 0.6) is 0 Å². The molecule has 0 aliphatic carbocycles. The third kappa shape index (κ3) is 5.08. The topological polar surface area (TPSA) is 66.5 Å². The number of hydrogen-bond donors (Lipinski definition) is 1. The predicted octanol–water partition coefficient (Wildman–Crippen LogP) is 3.34. The zero-order valence-electron chi connectivity index (χ0n) is 15.7. The van der Waals surface area contributed by atoms with E-state index < -0.39 is 10.0 Å². The van der Waals surface area contributed by atoms with Crippen molar-refractivity contribution in [2.75, 3.05) is 17.1 Å². The lowest BCUT2D eigenvalue weighted by atomic mass is 10.0. The van der Waals surface area contributed by atoms with Crippen LogP contribution in [-0.2, 0) is 14.8 Å². The van der Waals surface area contributed by atoms with Crippen molar-refractivity contribution >= 4 is 21.6 Å². The average Bonchev–Trinajstić information content (AvgIpc) is 2.58. The zero-order chi connectivity index (χ0) is 19.3. The summed E-state index contributed by atoms with van der Waals surface area (Å²) in [5.41, 5.74) is 3.48. The fourth-order valence-corrected chi connectivity index (χ4v) is 3.73. The summed E-state index contributed by atoms with van der Waals surface area (Å²) in [6.45, 7) is 5.58. The Bertz CT molecular complexity index is 861. The van der Waals surface area contributed by atoms with Crippen LogP contribution in [0.1, 0.15) is 36.1 Å². The van der Waals surface area contributed by atoms with Gasteiger partial charge in [0, 0.05) is 0 Å². The lowest BCUT2D eigenvalue weighted by Gasteiger charge is -2.25. The molecule has 0 spiro atoms. The molecule has 1 amide bonds. The van der Waals surface area contributed by atoms with Crippen LogP contribution in [0.3, 0.4) is 0 Å². The van der Waals surface area contributed by atoms with Crippen LogP contribution in [0.4, 0.5) is 5.69 Å². The minimum atomic E-state index is -3.58. The highest BCUT2D eigenvalue weighted by molar-refractivity contribution is 7.92. The molecule has 2 aromatic rings. The highest BCUT2D eigenvalue weighted by Gasteiger charge is 2.23. The van der Waals surface area contributed by atoms with Gasteiger partial charge in [-0.1, -0.05) is 55.0 Å². The lowest BCUT2D eigenvalue weighted by molar-refractivity contribution is -0.120. The molecule has 5 nitrogen and oxygen atoms in total. The third-order valence-electron chi connectivity index (χ3n) is 4.29. The van der Waals surface area contributed by atoms with Gasteiger partial charge < -0.3 is 5.32 Å².